The Morgan fingerprint density at radius 3 is 2.79 bits per heavy atom. The number of carbonyl (C=O) groups is 2. The highest BCUT2D eigenvalue weighted by Gasteiger charge is 2.26. The normalized spacial score (nSPS) is 14.9. The number of amides is 1. The van der Waals surface area contributed by atoms with Crippen LogP contribution in [0.1, 0.15) is 12.5 Å². The van der Waals surface area contributed by atoms with Gasteiger partial charge < -0.3 is 14.9 Å². The molecule has 102 valence electrons. The minimum absolute atomic E-state index is 0.174. The number of carboxylic acids is 1. The Balaban J connectivity index is 2.03. The minimum Gasteiger partial charge on any atom is -0.480 e. The zero-order valence-corrected chi connectivity index (χ0v) is 11.2. The lowest BCUT2D eigenvalue weighted by Gasteiger charge is -2.25. The van der Waals surface area contributed by atoms with Crippen LogP contribution in [0.3, 0.4) is 0 Å². The molecule has 0 saturated heterocycles. The van der Waals surface area contributed by atoms with Crippen LogP contribution in [-0.2, 0) is 16.0 Å². The molecule has 1 aromatic carbocycles. The minimum atomic E-state index is -0.988. The molecule has 0 saturated carbocycles. The maximum absolute atomic E-state index is 12.1. The lowest BCUT2D eigenvalue weighted by molar-refractivity contribution is -0.147. The molecule has 19 heavy (non-hydrogen) atoms. The van der Waals surface area contributed by atoms with Crippen molar-refractivity contribution in [1.29, 1.82) is 0 Å². The van der Waals surface area contributed by atoms with E-state index in [1.807, 2.05) is 23.1 Å². The predicted octanol–water partition coefficient (Wildman–Crippen LogP) is 0.981. The van der Waals surface area contributed by atoms with Crippen LogP contribution in [0.5, 0.6) is 0 Å². The van der Waals surface area contributed by atoms with Gasteiger partial charge >= 0.3 is 5.97 Å². The van der Waals surface area contributed by atoms with Gasteiger partial charge in [-0.1, -0.05) is 18.2 Å². The second-order valence-electron chi connectivity index (χ2n) is 4.82. The molecule has 1 amide bonds. The number of rotatable bonds is 4. The smallest absolute Gasteiger partial charge is 0.326 e. The first-order chi connectivity index (χ1) is 9.00. The fourth-order valence-corrected chi connectivity index (χ4v) is 2.23. The fraction of sp³-hybridized carbons (Fsp3) is 0.429. The lowest BCUT2D eigenvalue weighted by atomic mass is 10.2. The van der Waals surface area contributed by atoms with E-state index in [0.717, 1.165) is 18.7 Å². The zero-order chi connectivity index (χ0) is 14.0. The number of likely N-dealkylation sites (N-methyl/N-ethyl adjacent to an activating group) is 1. The highest BCUT2D eigenvalue weighted by molar-refractivity contribution is 5.86. The van der Waals surface area contributed by atoms with Crippen molar-refractivity contribution in [2.24, 2.45) is 0 Å². The third kappa shape index (κ3) is 2.70. The van der Waals surface area contributed by atoms with Crippen LogP contribution in [0.4, 0.5) is 5.69 Å². The largest absolute Gasteiger partial charge is 0.480 e. The monoisotopic (exact) mass is 262 g/mol. The molecule has 1 aromatic rings. The third-order valence-corrected chi connectivity index (χ3v) is 3.64. The first kappa shape index (κ1) is 13.4. The Kier molecular flexibility index (Phi) is 3.74. The van der Waals surface area contributed by atoms with Gasteiger partial charge in [0.15, 0.2) is 0 Å². The van der Waals surface area contributed by atoms with Crippen molar-refractivity contribution in [2.45, 2.75) is 19.4 Å². The van der Waals surface area contributed by atoms with E-state index in [1.165, 1.54) is 24.4 Å². The molecule has 1 unspecified atom stereocenters. The van der Waals surface area contributed by atoms with Gasteiger partial charge in [-0.3, -0.25) is 4.79 Å². The predicted molar refractivity (Wildman–Crippen MR) is 72.2 cm³/mol. The number of aliphatic carboxylic acids is 1. The summed E-state index contributed by atoms with van der Waals surface area (Å²) < 4.78 is 0. The van der Waals surface area contributed by atoms with E-state index in [1.54, 1.807) is 0 Å². The number of carboxylic acid groups (broad SMARTS) is 1. The molecule has 0 bridgehead atoms. The molecule has 0 spiro atoms. The summed E-state index contributed by atoms with van der Waals surface area (Å²) >= 11 is 0. The van der Waals surface area contributed by atoms with Crippen LogP contribution >= 0.6 is 0 Å². The van der Waals surface area contributed by atoms with Gasteiger partial charge in [-0.25, -0.2) is 4.79 Å². The Morgan fingerprint density at radius 1 is 1.42 bits per heavy atom. The van der Waals surface area contributed by atoms with Crippen LogP contribution in [0.15, 0.2) is 24.3 Å². The molecule has 5 nitrogen and oxygen atoms in total. The Bertz CT molecular complexity index is 501. The maximum Gasteiger partial charge on any atom is 0.326 e. The van der Waals surface area contributed by atoms with Gasteiger partial charge in [-0.15, -0.1) is 0 Å². The summed E-state index contributed by atoms with van der Waals surface area (Å²) in [5.74, 6) is -1.16. The van der Waals surface area contributed by atoms with Crippen molar-refractivity contribution in [3.8, 4) is 0 Å². The molecule has 0 fully saturated rings. The van der Waals surface area contributed by atoms with Crippen molar-refractivity contribution in [3.63, 3.8) is 0 Å². The Morgan fingerprint density at radius 2 is 2.11 bits per heavy atom. The van der Waals surface area contributed by atoms with Crippen LogP contribution in [0.2, 0.25) is 0 Å². The number of fused-ring (bicyclic) bond motifs is 1. The van der Waals surface area contributed by atoms with Crippen molar-refractivity contribution in [3.05, 3.63) is 29.8 Å². The summed E-state index contributed by atoms with van der Waals surface area (Å²) in [4.78, 5) is 26.2. The van der Waals surface area contributed by atoms with Gasteiger partial charge in [0, 0.05) is 19.3 Å². The average Bonchev–Trinajstić information content (AvgIpc) is 2.80. The van der Waals surface area contributed by atoms with Crippen molar-refractivity contribution in [1.82, 2.24) is 4.90 Å². The number of carbonyl (C=O) groups excluding carboxylic acids is 1. The number of hydrogen-bond donors (Lipinski definition) is 1. The van der Waals surface area contributed by atoms with E-state index < -0.39 is 12.0 Å². The second kappa shape index (κ2) is 5.30. The average molecular weight is 262 g/mol. The molecule has 1 aliphatic heterocycles. The quantitative estimate of drug-likeness (QED) is 0.878. The van der Waals surface area contributed by atoms with Gasteiger partial charge in [-0.05, 0) is 25.0 Å². The summed E-state index contributed by atoms with van der Waals surface area (Å²) in [6, 6.07) is 7.19. The van der Waals surface area contributed by atoms with E-state index in [-0.39, 0.29) is 12.5 Å². The van der Waals surface area contributed by atoms with E-state index in [0.29, 0.717) is 0 Å². The van der Waals surface area contributed by atoms with Crippen molar-refractivity contribution in [2.75, 3.05) is 25.0 Å². The van der Waals surface area contributed by atoms with Crippen LogP contribution in [0.25, 0.3) is 0 Å². The molecule has 0 radical (unpaired) electrons. The SMILES string of the molecule is CC(C(=O)O)N(C)C(=O)CN1CCc2ccccc21. The number of hydrogen-bond acceptors (Lipinski definition) is 3. The first-order valence-electron chi connectivity index (χ1n) is 6.32. The molecule has 0 aromatic heterocycles. The summed E-state index contributed by atoms with van der Waals surface area (Å²) in [6.07, 6.45) is 0.932. The Labute approximate surface area is 112 Å². The van der Waals surface area contributed by atoms with E-state index in [4.69, 9.17) is 5.11 Å². The van der Waals surface area contributed by atoms with Gasteiger partial charge in [0.2, 0.25) is 5.91 Å². The topological polar surface area (TPSA) is 60.9 Å². The number of para-hydroxylation sites is 1. The number of benzene rings is 1. The van der Waals surface area contributed by atoms with E-state index >= 15 is 0 Å². The van der Waals surface area contributed by atoms with Gasteiger partial charge in [0.05, 0.1) is 6.54 Å². The molecule has 1 aliphatic rings. The fourth-order valence-electron chi connectivity index (χ4n) is 2.23. The third-order valence-electron chi connectivity index (χ3n) is 3.64. The molecule has 5 heteroatoms. The molecular weight excluding hydrogens is 244 g/mol. The number of anilines is 1. The molecule has 1 heterocycles. The Hall–Kier alpha value is -2.04. The first-order valence-corrected chi connectivity index (χ1v) is 6.32. The molecule has 1 N–H and O–H groups in total. The lowest BCUT2D eigenvalue weighted by Crippen LogP contribution is -2.45. The van der Waals surface area contributed by atoms with Crippen molar-refractivity contribution >= 4 is 17.6 Å². The second-order valence-corrected chi connectivity index (χ2v) is 4.82. The summed E-state index contributed by atoms with van der Waals surface area (Å²) in [5.41, 5.74) is 2.32. The van der Waals surface area contributed by atoms with Crippen LogP contribution in [-0.4, -0.2) is 48.1 Å². The van der Waals surface area contributed by atoms with E-state index in [9.17, 15) is 9.59 Å². The van der Waals surface area contributed by atoms with Gasteiger partial charge in [0.25, 0.3) is 0 Å². The van der Waals surface area contributed by atoms with E-state index in [2.05, 4.69) is 6.07 Å². The molecule has 1 atom stereocenters. The number of nitrogens with zero attached hydrogens (tertiary/aromatic N) is 2. The maximum atomic E-state index is 12.1. The molecular formula is C14H18N2O3. The standard InChI is InChI=1S/C14H18N2O3/c1-10(14(18)19)15(2)13(17)9-16-8-7-11-5-3-4-6-12(11)16/h3-6,10H,7-9H2,1-2H3,(H,18,19). The zero-order valence-electron chi connectivity index (χ0n) is 11.2. The molecule has 0 aliphatic carbocycles. The molecule has 2 rings (SSSR count). The summed E-state index contributed by atoms with van der Waals surface area (Å²) in [7, 11) is 1.53. The summed E-state index contributed by atoms with van der Waals surface area (Å²) in [6.45, 7) is 2.55. The highest BCUT2D eigenvalue weighted by atomic mass is 16.4. The van der Waals surface area contributed by atoms with Crippen molar-refractivity contribution < 1.29 is 14.7 Å². The van der Waals surface area contributed by atoms with Crippen LogP contribution < -0.4 is 4.90 Å². The van der Waals surface area contributed by atoms with Gasteiger partial charge in [-0.2, -0.15) is 0 Å². The summed E-state index contributed by atoms with van der Waals surface area (Å²) in [5, 5.41) is 8.91. The van der Waals surface area contributed by atoms with Gasteiger partial charge in [0.1, 0.15) is 6.04 Å². The highest BCUT2D eigenvalue weighted by Crippen LogP contribution is 2.27. The van der Waals surface area contributed by atoms with Crippen LogP contribution in [0, 0.1) is 0 Å².